The van der Waals surface area contributed by atoms with Crippen LogP contribution >= 0.6 is 0 Å². The maximum Gasteiger partial charge on any atom is 0.220 e. The molecule has 3 aromatic carbocycles. The molecule has 54 heavy (non-hydrogen) atoms. The second-order valence-corrected chi connectivity index (χ2v) is 12.4. The lowest BCUT2D eigenvalue weighted by Gasteiger charge is -2.24. The molecule has 6 nitrogen and oxygen atoms in total. The van der Waals surface area contributed by atoms with Crippen LogP contribution in [0.1, 0.15) is 166 Å². The van der Waals surface area contributed by atoms with Gasteiger partial charge in [-0.15, -0.1) is 0 Å². The number of amides is 1. The molecule has 0 saturated heterocycles. The van der Waals surface area contributed by atoms with Gasteiger partial charge in [-0.25, -0.2) is 0 Å². The Balaban J connectivity index is -0.000000129. The number of carbonyl (C=O) groups excluding carboxylic acids is 4. The summed E-state index contributed by atoms with van der Waals surface area (Å²) in [6.45, 7) is 31.4. The van der Waals surface area contributed by atoms with Gasteiger partial charge in [0, 0.05) is 37.6 Å². The van der Waals surface area contributed by atoms with Crippen LogP contribution in [-0.2, 0) is 19.2 Å². The molecule has 0 unspecified atom stereocenters. The second-order valence-electron chi connectivity index (χ2n) is 12.4. The average molecular weight is 755 g/mol. The van der Waals surface area contributed by atoms with Crippen molar-refractivity contribution >= 4 is 34.0 Å². The highest BCUT2D eigenvalue weighted by molar-refractivity contribution is 5.85. The van der Waals surface area contributed by atoms with Crippen LogP contribution in [0.2, 0.25) is 0 Å². The van der Waals surface area contributed by atoms with Crippen LogP contribution in [0.15, 0.2) is 72.8 Å². The Hall–Kier alpha value is -3.64. The molecular formula is C48H86N2O4. The summed E-state index contributed by atoms with van der Waals surface area (Å²) in [6, 6.07) is 25.1. The summed E-state index contributed by atoms with van der Waals surface area (Å²) in [7, 11) is 3.75. The molecule has 0 saturated carbocycles. The molecule has 3 rings (SSSR count). The largest absolute Gasteiger partial charge is 0.351 e. The summed E-state index contributed by atoms with van der Waals surface area (Å²) >= 11 is 0. The van der Waals surface area contributed by atoms with E-state index in [0.29, 0.717) is 32.1 Å². The van der Waals surface area contributed by atoms with Crippen LogP contribution in [0.4, 0.5) is 0 Å². The minimum absolute atomic E-state index is 0.0355. The highest BCUT2D eigenvalue weighted by Crippen LogP contribution is 2.16. The van der Waals surface area contributed by atoms with E-state index in [9.17, 15) is 19.2 Å². The number of nitrogens with one attached hydrogen (secondary N) is 2. The summed E-state index contributed by atoms with van der Waals surface area (Å²) in [5.41, 5.74) is 2.64. The van der Waals surface area contributed by atoms with Gasteiger partial charge >= 0.3 is 0 Å². The number of fused-ring (bicyclic) bond motifs is 1. The maximum atomic E-state index is 11.1. The third-order valence-electron chi connectivity index (χ3n) is 6.85. The Bertz CT molecular complexity index is 1250. The standard InChI is InChI=1S/C11H10.C9H19NO.C9H16O2.C7H8.C4H8O.C2H7N.3C2H6/c1-9-5-4-7-10-6-2-3-8-11(9)10;1-5-7-8(11)10-9(3,4)6-2;1-3-4-5-9(11)7-6-8(2)10;1-7-5-3-2-4-6-7;1-3-4(2)5;1-3-2;3*1-2/h2-8H,1H3;5-7H2,1-4H3,(H,10,11);3-7H2,1-2H3;2-6H,1H3;3H2,1-2H3;3H,1-2H3;3*1-2H3. The molecule has 0 atom stereocenters. The second kappa shape index (κ2) is 47.4. The molecule has 6 heteroatoms. The van der Waals surface area contributed by atoms with Gasteiger partial charge in [-0.05, 0) is 91.2 Å². The van der Waals surface area contributed by atoms with Crippen molar-refractivity contribution in [2.24, 2.45) is 0 Å². The number of carbonyl (C=O) groups is 4. The molecule has 0 aliphatic heterocycles. The van der Waals surface area contributed by atoms with Gasteiger partial charge in [0.1, 0.15) is 17.3 Å². The highest BCUT2D eigenvalue weighted by Gasteiger charge is 2.16. The highest BCUT2D eigenvalue weighted by atomic mass is 16.2. The lowest BCUT2D eigenvalue weighted by atomic mass is 10.0. The fraction of sp³-hybridized carbons (Fsp3) is 0.583. The molecule has 3 aromatic rings. The maximum absolute atomic E-state index is 11.1. The summed E-state index contributed by atoms with van der Waals surface area (Å²) in [5, 5.41) is 8.40. The number of ketones is 3. The number of Topliss-reactive ketones (excluding diaryl/α,β-unsaturated/α-hetero) is 3. The van der Waals surface area contributed by atoms with Crippen molar-refractivity contribution in [3.05, 3.63) is 83.9 Å². The number of benzene rings is 3. The number of hydrogen-bond donors (Lipinski definition) is 2. The molecule has 0 fully saturated rings. The Labute approximate surface area is 335 Å². The van der Waals surface area contributed by atoms with Crippen molar-refractivity contribution in [1.29, 1.82) is 0 Å². The van der Waals surface area contributed by atoms with E-state index in [-0.39, 0.29) is 28.8 Å². The smallest absolute Gasteiger partial charge is 0.220 e. The number of hydrogen-bond acceptors (Lipinski definition) is 5. The van der Waals surface area contributed by atoms with Crippen molar-refractivity contribution in [3.8, 4) is 0 Å². The van der Waals surface area contributed by atoms with E-state index in [2.05, 4.69) is 92.9 Å². The zero-order chi connectivity index (χ0) is 43.4. The first-order valence-corrected chi connectivity index (χ1v) is 20.5. The van der Waals surface area contributed by atoms with Gasteiger partial charge in [0.05, 0.1) is 0 Å². The first-order valence-electron chi connectivity index (χ1n) is 20.5. The lowest BCUT2D eigenvalue weighted by molar-refractivity contribution is -0.123. The average Bonchev–Trinajstić information content (AvgIpc) is 3.17. The van der Waals surface area contributed by atoms with E-state index in [4.69, 9.17) is 0 Å². The SMILES string of the molecule is CC.CC.CC.CCC(C)=O.CCCC(=O)NC(C)(C)CC.CCCCC(=O)CCC(C)=O.CNC.Cc1cccc2ccccc12.Cc1ccccc1. The Kier molecular flexibility index (Phi) is 54.7. The Morgan fingerprint density at radius 2 is 1.06 bits per heavy atom. The molecule has 0 aliphatic rings. The molecule has 0 aliphatic carbocycles. The van der Waals surface area contributed by atoms with Crippen molar-refractivity contribution < 1.29 is 19.2 Å². The van der Waals surface area contributed by atoms with Crippen LogP contribution in [0.25, 0.3) is 10.8 Å². The van der Waals surface area contributed by atoms with Gasteiger partial charge in [-0.1, -0.05) is 154 Å². The number of unbranched alkanes of at least 4 members (excludes halogenated alkanes) is 1. The van der Waals surface area contributed by atoms with Crippen LogP contribution in [-0.4, -0.2) is 42.9 Å². The molecular weight excluding hydrogens is 669 g/mol. The topological polar surface area (TPSA) is 92.3 Å². The predicted octanol–water partition coefficient (Wildman–Crippen LogP) is 13.2. The lowest BCUT2D eigenvalue weighted by Crippen LogP contribution is -2.42. The van der Waals surface area contributed by atoms with E-state index in [0.717, 1.165) is 25.7 Å². The Morgan fingerprint density at radius 1 is 0.593 bits per heavy atom. The summed E-state index contributed by atoms with van der Waals surface area (Å²) in [5.74, 6) is 0.751. The third-order valence-corrected chi connectivity index (χ3v) is 6.85. The van der Waals surface area contributed by atoms with E-state index in [1.54, 1.807) is 6.92 Å². The zero-order valence-corrected chi connectivity index (χ0v) is 38.4. The first-order chi connectivity index (χ1) is 25.6. The normalized spacial score (nSPS) is 8.85. The molecule has 0 spiro atoms. The molecule has 312 valence electrons. The predicted molar refractivity (Wildman–Crippen MR) is 242 cm³/mol. The van der Waals surface area contributed by atoms with Gasteiger partial charge < -0.3 is 20.2 Å². The van der Waals surface area contributed by atoms with Crippen molar-refractivity contribution in [2.75, 3.05) is 14.1 Å². The van der Waals surface area contributed by atoms with E-state index >= 15 is 0 Å². The molecule has 0 radical (unpaired) electrons. The quantitative estimate of drug-likeness (QED) is 0.203. The van der Waals surface area contributed by atoms with E-state index in [1.807, 2.05) is 102 Å². The van der Waals surface area contributed by atoms with Gasteiger partial charge in [0.25, 0.3) is 0 Å². The van der Waals surface area contributed by atoms with Crippen LogP contribution in [0, 0.1) is 13.8 Å². The van der Waals surface area contributed by atoms with Crippen LogP contribution in [0.5, 0.6) is 0 Å². The van der Waals surface area contributed by atoms with Gasteiger partial charge in [-0.2, -0.15) is 0 Å². The fourth-order valence-electron chi connectivity index (χ4n) is 3.49. The van der Waals surface area contributed by atoms with E-state index in [1.165, 1.54) is 28.8 Å². The fourth-order valence-corrected chi connectivity index (χ4v) is 3.49. The monoisotopic (exact) mass is 755 g/mol. The Morgan fingerprint density at radius 3 is 1.43 bits per heavy atom. The van der Waals surface area contributed by atoms with Crippen molar-refractivity contribution in [2.45, 2.75) is 174 Å². The van der Waals surface area contributed by atoms with Gasteiger partial charge in [0.15, 0.2) is 0 Å². The first kappa shape index (κ1) is 62.4. The minimum atomic E-state index is -0.0355. The molecule has 2 N–H and O–H groups in total. The van der Waals surface area contributed by atoms with Crippen molar-refractivity contribution in [1.82, 2.24) is 10.6 Å². The zero-order valence-electron chi connectivity index (χ0n) is 38.4. The van der Waals surface area contributed by atoms with E-state index < -0.39 is 0 Å². The summed E-state index contributed by atoms with van der Waals surface area (Å²) in [4.78, 5) is 42.3. The van der Waals surface area contributed by atoms with Gasteiger partial charge in [-0.3, -0.25) is 9.59 Å². The van der Waals surface area contributed by atoms with Gasteiger partial charge in [0.2, 0.25) is 5.91 Å². The summed E-state index contributed by atoms with van der Waals surface area (Å²) in [6.07, 6.45) is 6.71. The van der Waals surface area contributed by atoms with Crippen molar-refractivity contribution in [3.63, 3.8) is 0 Å². The van der Waals surface area contributed by atoms with Crippen LogP contribution < -0.4 is 10.6 Å². The van der Waals surface area contributed by atoms with Crippen LogP contribution in [0.3, 0.4) is 0 Å². The number of rotatable bonds is 11. The molecule has 0 bridgehead atoms. The third kappa shape index (κ3) is 48.4. The summed E-state index contributed by atoms with van der Waals surface area (Å²) < 4.78 is 0. The number of aryl methyl sites for hydroxylation is 2. The molecule has 1 amide bonds. The molecule has 0 heterocycles. The molecule has 0 aromatic heterocycles. The minimum Gasteiger partial charge on any atom is -0.351 e.